The summed E-state index contributed by atoms with van der Waals surface area (Å²) in [5.41, 5.74) is 0.383. The van der Waals surface area contributed by atoms with Crippen molar-refractivity contribution in [2.75, 3.05) is 5.32 Å². The van der Waals surface area contributed by atoms with Crippen LogP contribution in [0.2, 0.25) is 10.0 Å². The van der Waals surface area contributed by atoms with Crippen molar-refractivity contribution in [2.45, 2.75) is 57.0 Å². The topological polar surface area (TPSA) is 60.6 Å². The number of aromatic nitrogens is 5. The predicted molar refractivity (Wildman–Crippen MR) is 125 cm³/mol. The summed E-state index contributed by atoms with van der Waals surface area (Å²) in [4.78, 5) is 4.39. The molecule has 1 saturated carbocycles. The molecule has 0 bridgehead atoms. The van der Waals surface area contributed by atoms with Gasteiger partial charge in [0.25, 0.3) is 0 Å². The number of alkyl halides is 6. The molecular formula is C23H20Cl2F6N6. The Balaban J connectivity index is 1.59. The lowest BCUT2D eigenvalue weighted by Crippen LogP contribution is -2.30. The molecule has 0 unspecified atom stereocenters. The van der Waals surface area contributed by atoms with Gasteiger partial charge in [-0.2, -0.15) is 36.5 Å². The van der Waals surface area contributed by atoms with E-state index in [1.165, 1.54) is 17.1 Å². The van der Waals surface area contributed by atoms with Crippen molar-refractivity contribution < 1.29 is 26.3 Å². The molecule has 3 heterocycles. The van der Waals surface area contributed by atoms with Crippen molar-refractivity contribution in [3.8, 4) is 0 Å². The van der Waals surface area contributed by atoms with Gasteiger partial charge in [0.05, 0.1) is 22.0 Å². The van der Waals surface area contributed by atoms with Crippen LogP contribution in [-0.2, 0) is 6.18 Å². The van der Waals surface area contributed by atoms with E-state index in [1.54, 1.807) is 23.7 Å². The van der Waals surface area contributed by atoms with Crippen LogP contribution in [0.4, 0.5) is 32.2 Å². The van der Waals surface area contributed by atoms with E-state index in [9.17, 15) is 26.3 Å². The summed E-state index contributed by atoms with van der Waals surface area (Å²) in [6, 6.07) is 4.37. The van der Waals surface area contributed by atoms with Gasteiger partial charge in [-0.05, 0) is 50.3 Å². The molecule has 1 aliphatic carbocycles. The minimum atomic E-state index is -4.68. The molecule has 0 radical (unpaired) electrons. The normalized spacial score (nSPS) is 22.7. The van der Waals surface area contributed by atoms with E-state index in [0.29, 0.717) is 22.7 Å². The highest BCUT2D eigenvalue weighted by Gasteiger charge is 2.43. The van der Waals surface area contributed by atoms with E-state index in [2.05, 4.69) is 20.5 Å². The van der Waals surface area contributed by atoms with E-state index >= 15 is 0 Å². The first-order chi connectivity index (χ1) is 17.3. The molecule has 1 N–H and O–H groups in total. The van der Waals surface area contributed by atoms with Gasteiger partial charge in [-0.15, -0.1) is 0 Å². The fourth-order valence-corrected chi connectivity index (χ4v) is 5.35. The summed E-state index contributed by atoms with van der Waals surface area (Å²) in [6.07, 6.45) is -7.26. The van der Waals surface area contributed by atoms with Gasteiger partial charge in [-0.25, -0.2) is 14.3 Å². The summed E-state index contributed by atoms with van der Waals surface area (Å²) in [5, 5.41) is 11.6. The third-order valence-electron chi connectivity index (χ3n) is 6.84. The van der Waals surface area contributed by atoms with Crippen LogP contribution in [0.25, 0.3) is 5.57 Å². The maximum Gasteiger partial charge on any atom is 0.435 e. The molecule has 0 amide bonds. The highest BCUT2D eigenvalue weighted by Crippen LogP contribution is 2.46. The Morgan fingerprint density at radius 1 is 0.946 bits per heavy atom. The SMILES string of the molecule is CC1=C(c2ncnn2C2CCC(C(F)(F)F)CC2)[C@@H](c2ccc(Cl)c(Cl)c2)n2nc(C(F)(F)F)cc2N1. The molecule has 198 valence electrons. The molecule has 37 heavy (non-hydrogen) atoms. The monoisotopic (exact) mass is 564 g/mol. The summed E-state index contributed by atoms with van der Waals surface area (Å²) < 4.78 is 83.0. The Kier molecular flexibility index (Phi) is 6.46. The quantitative estimate of drug-likeness (QED) is 0.334. The van der Waals surface area contributed by atoms with E-state index in [0.717, 1.165) is 6.07 Å². The Labute approximate surface area is 217 Å². The van der Waals surface area contributed by atoms with Gasteiger partial charge < -0.3 is 5.32 Å². The number of rotatable bonds is 3. The smallest absolute Gasteiger partial charge is 0.344 e. The van der Waals surface area contributed by atoms with Crippen LogP contribution < -0.4 is 5.32 Å². The number of halogens is 8. The number of allylic oxidation sites excluding steroid dienone is 2. The second-order valence-electron chi connectivity index (χ2n) is 9.17. The van der Waals surface area contributed by atoms with E-state index < -0.39 is 30.0 Å². The molecule has 14 heteroatoms. The lowest BCUT2D eigenvalue weighted by molar-refractivity contribution is -0.183. The maximum atomic E-state index is 13.5. The average molecular weight is 565 g/mol. The van der Waals surface area contributed by atoms with Crippen molar-refractivity contribution in [3.63, 3.8) is 0 Å². The first kappa shape index (κ1) is 25.9. The summed E-state index contributed by atoms with van der Waals surface area (Å²) >= 11 is 12.3. The fraction of sp³-hybridized carbons (Fsp3) is 0.435. The Bertz CT molecular complexity index is 1350. The molecule has 1 fully saturated rings. The number of nitrogens with one attached hydrogen (secondary N) is 1. The summed E-state index contributed by atoms with van der Waals surface area (Å²) in [7, 11) is 0. The van der Waals surface area contributed by atoms with E-state index in [-0.39, 0.29) is 47.6 Å². The maximum absolute atomic E-state index is 13.5. The molecule has 2 aromatic heterocycles. The summed E-state index contributed by atoms with van der Waals surface area (Å²) in [6.45, 7) is 1.68. The van der Waals surface area contributed by atoms with Crippen molar-refractivity contribution in [1.29, 1.82) is 0 Å². The molecule has 1 atom stereocenters. The number of benzene rings is 1. The van der Waals surface area contributed by atoms with Crippen LogP contribution in [0.15, 0.2) is 36.3 Å². The van der Waals surface area contributed by atoms with Crippen molar-refractivity contribution >= 4 is 34.6 Å². The van der Waals surface area contributed by atoms with Gasteiger partial charge in [-0.3, -0.25) is 0 Å². The zero-order valence-electron chi connectivity index (χ0n) is 19.2. The zero-order chi connectivity index (χ0) is 26.7. The minimum Gasteiger partial charge on any atom is -0.344 e. The van der Waals surface area contributed by atoms with Gasteiger partial charge >= 0.3 is 12.4 Å². The minimum absolute atomic E-state index is 0.0434. The van der Waals surface area contributed by atoms with Crippen LogP contribution in [0, 0.1) is 5.92 Å². The first-order valence-electron chi connectivity index (χ1n) is 11.4. The molecule has 5 rings (SSSR count). The number of nitrogens with zero attached hydrogens (tertiary/aromatic N) is 5. The van der Waals surface area contributed by atoms with Gasteiger partial charge in [0, 0.05) is 17.3 Å². The number of fused-ring (bicyclic) bond motifs is 1. The second-order valence-corrected chi connectivity index (χ2v) is 9.99. The van der Waals surface area contributed by atoms with Crippen molar-refractivity contribution in [3.05, 3.63) is 63.4 Å². The van der Waals surface area contributed by atoms with Crippen LogP contribution in [0.3, 0.4) is 0 Å². The molecule has 1 aliphatic heterocycles. The Hall–Kier alpha value is -2.73. The highest BCUT2D eigenvalue weighted by molar-refractivity contribution is 6.42. The van der Waals surface area contributed by atoms with Gasteiger partial charge in [-0.1, -0.05) is 29.3 Å². The first-order valence-corrected chi connectivity index (χ1v) is 12.2. The average Bonchev–Trinajstić information content (AvgIpc) is 3.46. The third-order valence-corrected chi connectivity index (χ3v) is 7.58. The van der Waals surface area contributed by atoms with Crippen LogP contribution in [0.5, 0.6) is 0 Å². The summed E-state index contributed by atoms with van der Waals surface area (Å²) in [5.74, 6) is -0.933. The molecule has 1 aromatic carbocycles. The lowest BCUT2D eigenvalue weighted by Gasteiger charge is -2.33. The second kappa shape index (κ2) is 9.23. The van der Waals surface area contributed by atoms with Crippen molar-refractivity contribution in [2.24, 2.45) is 5.92 Å². The highest BCUT2D eigenvalue weighted by atomic mass is 35.5. The predicted octanol–water partition coefficient (Wildman–Crippen LogP) is 7.54. The van der Waals surface area contributed by atoms with Crippen LogP contribution in [0.1, 0.15) is 61.8 Å². The number of hydrogen-bond donors (Lipinski definition) is 1. The molecular weight excluding hydrogens is 545 g/mol. The largest absolute Gasteiger partial charge is 0.435 e. The van der Waals surface area contributed by atoms with Crippen molar-refractivity contribution in [1.82, 2.24) is 24.5 Å². The zero-order valence-corrected chi connectivity index (χ0v) is 20.7. The number of anilines is 1. The van der Waals surface area contributed by atoms with E-state index in [1.807, 2.05) is 0 Å². The van der Waals surface area contributed by atoms with Gasteiger partial charge in [0.1, 0.15) is 18.2 Å². The number of hydrogen-bond acceptors (Lipinski definition) is 4. The van der Waals surface area contributed by atoms with E-state index in [4.69, 9.17) is 23.2 Å². The van der Waals surface area contributed by atoms with Crippen LogP contribution in [-0.4, -0.2) is 30.7 Å². The lowest BCUT2D eigenvalue weighted by atomic mass is 9.85. The third kappa shape index (κ3) is 4.81. The van der Waals surface area contributed by atoms with Gasteiger partial charge in [0.2, 0.25) is 0 Å². The molecule has 0 saturated heterocycles. The Morgan fingerprint density at radius 2 is 1.65 bits per heavy atom. The fourth-order valence-electron chi connectivity index (χ4n) is 5.05. The molecule has 3 aromatic rings. The standard InChI is InChI=1S/C23H20Cl2F6N6/c1-11-19(21-32-10-33-36(21)14-5-3-13(4-6-14)22(26,27)28)20(12-2-7-15(24)16(25)8-12)37-18(34-11)9-17(35-37)23(29,30)31/h2,7-10,13-14,20,34H,3-6H2,1H3/t13?,14?,20-/m1/s1. The molecule has 6 nitrogen and oxygen atoms in total. The molecule has 2 aliphatic rings. The molecule has 0 spiro atoms. The van der Waals surface area contributed by atoms with Gasteiger partial charge in [0.15, 0.2) is 11.5 Å². The Morgan fingerprint density at radius 3 is 2.27 bits per heavy atom. The van der Waals surface area contributed by atoms with Crippen LogP contribution >= 0.6 is 23.2 Å².